The van der Waals surface area contributed by atoms with E-state index < -0.39 is 0 Å². The van der Waals surface area contributed by atoms with Gasteiger partial charge in [0.2, 0.25) is 0 Å². The second-order valence-electron chi connectivity index (χ2n) is 7.28. The molecular weight excluding hydrogens is 300 g/mol. The van der Waals surface area contributed by atoms with Gasteiger partial charge in [-0.3, -0.25) is 4.90 Å². The van der Waals surface area contributed by atoms with Crippen LogP contribution in [0.1, 0.15) is 69.5 Å². The molecule has 1 aromatic rings. The van der Waals surface area contributed by atoms with Crippen molar-refractivity contribution in [3.05, 3.63) is 23.7 Å². The average Bonchev–Trinajstić information content (AvgIpc) is 2.94. The van der Waals surface area contributed by atoms with Crippen molar-refractivity contribution in [2.24, 2.45) is 0 Å². The molecule has 3 heterocycles. The van der Waals surface area contributed by atoms with Crippen molar-refractivity contribution in [2.75, 3.05) is 39.3 Å². The quantitative estimate of drug-likeness (QED) is 0.746. The summed E-state index contributed by atoms with van der Waals surface area (Å²) in [6, 6.07) is 4.26. The first-order valence-electron chi connectivity index (χ1n) is 10.00. The lowest BCUT2D eigenvalue weighted by Gasteiger charge is -2.25. The van der Waals surface area contributed by atoms with E-state index in [4.69, 9.17) is 9.15 Å². The summed E-state index contributed by atoms with van der Waals surface area (Å²) >= 11 is 0. The fourth-order valence-corrected chi connectivity index (χ4v) is 3.83. The van der Waals surface area contributed by atoms with Crippen molar-refractivity contribution >= 4 is 0 Å². The molecule has 0 aromatic carbocycles. The number of rotatable bonds is 7. The molecule has 2 aliphatic heterocycles. The van der Waals surface area contributed by atoms with Crippen LogP contribution >= 0.6 is 0 Å². The van der Waals surface area contributed by atoms with Crippen molar-refractivity contribution < 1.29 is 9.15 Å². The minimum atomic E-state index is 0.180. The van der Waals surface area contributed by atoms with E-state index in [1.54, 1.807) is 0 Å². The molecule has 0 amide bonds. The van der Waals surface area contributed by atoms with Crippen LogP contribution in [0.5, 0.6) is 0 Å². The molecule has 0 N–H and O–H groups in total. The number of hydrogen-bond acceptors (Lipinski definition) is 4. The molecule has 4 nitrogen and oxygen atoms in total. The Morgan fingerprint density at radius 2 is 1.92 bits per heavy atom. The SMILES string of the molecule is CCN(CCN1CCCCCC1)Cc1ccc([C@H]2CCCCO2)o1. The highest BCUT2D eigenvalue weighted by Gasteiger charge is 2.20. The van der Waals surface area contributed by atoms with Gasteiger partial charge in [0.05, 0.1) is 6.54 Å². The van der Waals surface area contributed by atoms with Crippen molar-refractivity contribution in [3.63, 3.8) is 0 Å². The molecule has 1 atom stereocenters. The highest BCUT2D eigenvalue weighted by molar-refractivity contribution is 5.10. The summed E-state index contributed by atoms with van der Waals surface area (Å²) in [5, 5.41) is 0. The topological polar surface area (TPSA) is 28.9 Å². The smallest absolute Gasteiger partial charge is 0.133 e. The number of likely N-dealkylation sites (tertiary alicyclic amines) is 1. The highest BCUT2D eigenvalue weighted by Crippen LogP contribution is 2.29. The van der Waals surface area contributed by atoms with Gasteiger partial charge in [-0.05, 0) is 63.9 Å². The largest absolute Gasteiger partial charge is 0.462 e. The Kier molecular flexibility index (Phi) is 7.18. The first-order valence-corrected chi connectivity index (χ1v) is 10.00. The van der Waals surface area contributed by atoms with Crippen LogP contribution in [0.15, 0.2) is 16.5 Å². The maximum Gasteiger partial charge on any atom is 0.133 e. The third-order valence-electron chi connectivity index (χ3n) is 5.44. The Morgan fingerprint density at radius 1 is 1.08 bits per heavy atom. The average molecular weight is 335 g/mol. The van der Waals surface area contributed by atoms with E-state index in [2.05, 4.69) is 28.9 Å². The summed E-state index contributed by atoms with van der Waals surface area (Å²) in [4.78, 5) is 5.13. The molecule has 0 unspecified atom stereocenters. The zero-order valence-corrected chi connectivity index (χ0v) is 15.3. The minimum absolute atomic E-state index is 0.180. The van der Waals surface area contributed by atoms with Gasteiger partial charge in [0.15, 0.2) is 0 Å². The summed E-state index contributed by atoms with van der Waals surface area (Å²) < 4.78 is 11.9. The van der Waals surface area contributed by atoms with E-state index in [-0.39, 0.29) is 6.10 Å². The van der Waals surface area contributed by atoms with Crippen LogP contribution in [0.3, 0.4) is 0 Å². The van der Waals surface area contributed by atoms with Gasteiger partial charge in [-0.1, -0.05) is 19.8 Å². The Hall–Kier alpha value is -0.840. The number of hydrogen-bond donors (Lipinski definition) is 0. The van der Waals surface area contributed by atoms with Gasteiger partial charge >= 0.3 is 0 Å². The molecule has 0 bridgehead atoms. The predicted molar refractivity (Wildman–Crippen MR) is 97.1 cm³/mol. The van der Waals surface area contributed by atoms with Crippen LogP contribution in [0.2, 0.25) is 0 Å². The minimum Gasteiger partial charge on any atom is -0.462 e. The van der Waals surface area contributed by atoms with Gasteiger partial charge in [0.1, 0.15) is 17.6 Å². The molecule has 0 saturated carbocycles. The lowest BCUT2D eigenvalue weighted by atomic mass is 10.1. The molecule has 2 fully saturated rings. The first kappa shape index (κ1) is 18.0. The van der Waals surface area contributed by atoms with Crippen LogP contribution in [0.4, 0.5) is 0 Å². The van der Waals surface area contributed by atoms with Gasteiger partial charge in [-0.2, -0.15) is 0 Å². The molecule has 2 saturated heterocycles. The second kappa shape index (κ2) is 9.59. The normalized spacial score (nSPS) is 23.5. The molecule has 2 aliphatic rings. The van der Waals surface area contributed by atoms with Crippen molar-refractivity contribution in [1.29, 1.82) is 0 Å². The molecule has 1 aromatic heterocycles. The molecule has 0 spiro atoms. The van der Waals surface area contributed by atoms with Gasteiger partial charge in [0, 0.05) is 19.7 Å². The summed E-state index contributed by atoms with van der Waals surface area (Å²) in [5.41, 5.74) is 0. The molecule has 3 rings (SSSR count). The Morgan fingerprint density at radius 3 is 2.62 bits per heavy atom. The Bertz CT molecular complexity index is 460. The molecular formula is C20H34N2O2. The summed E-state index contributed by atoms with van der Waals surface area (Å²) in [5.74, 6) is 2.10. The Labute approximate surface area is 147 Å². The van der Waals surface area contributed by atoms with Crippen LogP contribution in [-0.4, -0.2) is 49.1 Å². The molecule has 136 valence electrons. The summed E-state index contributed by atoms with van der Waals surface area (Å²) in [6.07, 6.45) is 9.27. The van der Waals surface area contributed by atoms with Gasteiger partial charge in [-0.25, -0.2) is 0 Å². The molecule has 0 radical (unpaired) electrons. The number of furan rings is 1. The van der Waals surface area contributed by atoms with Crippen molar-refractivity contribution in [1.82, 2.24) is 9.80 Å². The number of nitrogens with zero attached hydrogens (tertiary/aromatic N) is 2. The molecule has 4 heteroatoms. The standard InChI is InChI=1S/C20H34N2O2/c1-2-21(14-15-22-12-6-3-4-7-13-22)17-18-10-11-20(24-18)19-9-5-8-16-23-19/h10-11,19H,2-9,12-17H2,1H3/t19-/m1/s1. The van der Waals surface area contributed by atoms with Crippen LogP contribution in [-0.2, 0) is 11.3 Å². The lowest BCUT2D eigenvalue weighted by Crippen LogP contribution is -2.35. The van der Waals surface area contributed by atoms with E-state index in [1.165, 1.54) is 58.2 Å². The van der Waals surface area contributed by atoms with Crippen LogP contribution in [0.25, 0.3) is 0 Å². The predicted octanol–water partition coefficient (Wildman–Crippen LogP) is 4.22. The van der Waals surface area contributed by atoms with Crippen molar-refractivity contribution in [2.45, 2.75) is 64.5 Å². The van der Waals surface area contributed by atoms with Gasteiger partial charge in [0.25, 0.3) is 0 Å². The maximum absolute atomic E-state index is 6.09. The fourth-order valence-electron chi connectivity index (χ4n) is 3.83. The highest BCUT2D eigenvalue weighted by atomic mass is 16.5. The molecule has 0 aliphatic carbocycles. The maximum atomic E-state index is 6.09. The van der Waals surface area contributed by atoms with E-state index in [1.807, 2.05) is 0 Å². The van der Waals surface area contributed by atoms with E-state index in [9.17, 15) is 0 Å². The summed E-state index contributed by atoms with van der Waals surface area (Å²) in [7, 11) is 0. The van der Waals surface area contributed by atoms with E-state index in [0.29, 0.717) is 0 Å². The lowest BCUT2D eigenvalue weighted by molar-refractivity contribution is 0.000841. The monoisotopic (exact) mass is 334 g/mol. The van der Waals surface area contributed by atoms with E-state index in [0.717, 1.165) is 44.2 Å². The fraction of sp³-hybridized carbons (Fsp3) is 0.800. The second-order valence-corrected chi connectivity index (χ2v) is 7.28. The van der Waals surface area contributed by atoms with Crippen LogP contribution < -0.4 is 0 Å². The van der Waals surface area contributed by atoms with Gasteiger partial charge < -0.3 is 14.1 Å². The summed E-state index contributed by atoms with van der Waals surface area (Å²) in [6.45, 7) is 9.98. The third-order valence-corrected chi connectivity index (χ3v) is 5.44. The first-order chi connectivity index (χ1) is 11.8. The Balaban J connectivity index is 1.46. The van der Waals surface area contributed by atoms with E-state index >= 15 is 0 Å². The number of likely N-dealkylation sites (N-methyl/N-ethyl adjacent to an activating group) is 1. The number of ether oxygens (including phenoxy) is 1. The molecule has 24 heavy (non-hydrogen) atoms. The zero-order valence-electron chi connectivity index (χ0n) is 15.3. The van der Waals surface area contributed by atoms with Crippen molar-refractivity contribution in [3.8, 4) is 0 Å². The zero-order chi connectivity index (χ0) is 16.6. The van der Waals surface area contributed by atoms with Gasteiger partial charge in [-0.15, -0.1) is 0 Å². The van der Waals surface area contributed by atoms with Crippen LogP contribution in [0, 0.1) is 0 Å². The third kappa shape index (κ3) is 5.33.